The standard InChI is InChI=1S/C34H71OP/c1-5-9-13-17-18-19-20-21-22-23-24-28-32-34(36,31-27-16-12-8-4)33(35,29-25-14-10-6-2)30-26-15-11-7-3/h35H,5-32,36H2,1-4H3. The molecular formula is C34H71OP. The first-order chi connectivity index (χ1) is 17.5. The normalized spacial score (nSPS) is 13.8. The molecule has 218 valence electrons. The van der Waals surface area contributed by atoms with Gasteiger partial charge in [-0.25, -0.2) is 0 Å². The summed E-state index contributed by atoms with van der Waals surface area (Å²) < 4.78 is 0. The minimum absolute atomic E-state index is 0.0116. The van der Waals surface area contributed by atoms with E-state index in [0.29, 0.717) is 0 Å². The van der Waals surface area contributed by atoms with E-state index >= 15 is 0 Å². The molecule has 0 aliphatic carbocycles. The van der Waals surface area contributed by atoms with Crippen molar-refractivity contribution in [3.63, 3.8) is 0 Å². The fourth-order valence-corrected chi connectivity index (χ4v) is 6.75. The molecule has 0 aromatic rings. The Morgan fingerprint density at radius 1 is 0.361 bits per heavy atom. The van der Waals surface area contributed by atoms with E-state index in [0.717, 1.165) is 12.8 Å². The zero-order chi connectivity index (χ0) is 26.8. The summed E-state index contributed by atoms with van der Waals surface area (Å²) in [7, 11) is 3.28. The van der Waals surface area contributed by atoms with Crippen molar-refractivity contribution < 1.29 is 5.11 Å². The molecule has 0 heterocycles. The monoisotopic (exact) mass is 527 g/mol. The summed E-state index contributed by atoms with van der Waals surface area (Å²) in [5.74, 6) is 0. The number of hydrogen-bond donors (Lipinski definition) is 1. The van der Waals surface area contributed by atoms with Crippen molar-refractivity contribution in [1.29, 1.82) is 0 Å². The van der Waals surface area contributed by atoms with E-state index in [1.54, 1.807) is 0 Å². The third kappa shape index (κ3) is 18.6. The first kappa shape index (κ1) is 36.4. The van der Waals surface area contributed by atoms with Gasteiger partial charge in [-0.05, 0) is 25.7 Å². The molecule has 36 heavy (non-hydrogen) atoms. The zero-order valence-electron chi connectivity index (χ0n) is 25.8. The highest BCUT2D eigenvalue weighted by Gasteiger charge is 2.44. The highest BCUT2D eigenvalue weighted by molar-refractivity contribution is 7.19. The number of rotatable bonds is 29. The van der Waals surface area contributed by atoms with Gasteiger partial charge in [-0.3, -0.25) is 0 Å². The molecule has 0 saturated carbocycles. The van der Waals surface area contributed by atoms with Crippen LogP contribution in [-0.2, 0) is 0 Å². The minimum atomic E-state index is -0.497. The minimum Gasteiger partial charge on any atom is -0.389 e. The Morgan fingerprint density at radius 2 is 0.583 bits per heavy atom. The maximum atomic E-state index is 12.2. The molecule has 0 aromatic carbocycles. The fourth-order valence-electron chi connectivity index (χ4n) is 6.05. The van der Waals surface area contributed by atoms with Crippen LogP contribution in [0.15, 0.2) is 0 Å². The highest BCUT2D eigenvalue weighted by atomic mass is 31.0. The first-order valence-corrected chi connectivity index (χ1v) is 17.6. The van der Waals surface area contributed by atoms with Gasteiger partial charge in [0.25, 0.3) is 0 Å². The molecule has 2 heteroatoms. The van der Waals surface area contributed by atoms with Crippen LogP contribution in [0.2, 0.25) is 0 Å². The number of hydrogen-bond acceptors (Lipinski definition) is 1. The molecule has 1 nitrogen and oxygen atoms in total. The summed E-state index contributed by atoms with van der Waals surface area (Å²) in [5.41, 5.74) is -0.497. The second kappa shape index (κ2) is 25.7. The number of aliphatic hydroxyl groups is 1. The Hall–Kier alpha value is 0.390. The van der Waals surface area contributed by atoms with Gasteiger partial charge in [0.1, 0.15) is 0 Å². The van der Waals surface area contributed by atoms with Crippen molar-refractivity contribution in [2.75, 3.05) is 0 Å². The van der Waals surface area contributed by atoms with Gasteiger partial charge in [-0.15, -0.1) is 9.24 Å². The summed E-state index contributed by atoms with van der Waals surface area (Å²) in [4.78, 5) is 0. The van der Waals surface area contributed by atoms with E-state index in [1.807, 2.05) is 0 Å². The molecule has 0 spiro atoms. The molecular weight excluding hydrogens is 455 g/mol. The maximum absolute atomic E-state index is 12.2. The summed E-state index contributed by atoms with van der Waals surface area (Å²) in [6.45, 7) is 9.18. The third-order valence-electron chi connectivity index (χ3n) is 8.77. The van der Waals surface area contributed by atoms with Gasteiger partial charge in [-0.2, -0.15) is 0 Å². The largest absolute Gasteiger partial charge is 0.389 e. The van der Waals surface area contributed by atoms with Crippen LogP contribution in [0.5, 0.6) is 0 Å². The predicted molar refractivity (Wildman–Crippen MR) is 169 cm³/mol. The van der Waals surface area contributed by atoms with Gasteiger partial charge >= 0.3 is 0 Å². The molecule has 0 fully saturated rings. The second-order valence-electron chi connectivity index (χ2n) is 12.3. The molecule has 0 aliphatic heterocycles. The summed E-state index contributed by atoms with van der Waals surface area (Å²) in [6, 6.07) is 0. The third-order valence-corrected chi connectivity index (χ3v) is 9.88. The van der Waals surface area contributed by atoms with Crippen molar-refractivity contribution in [2.45, 2.75) is 218 Å². The quantitative estimate of drug-likeness (QED) is 0.0759. The van der Waals surface area contributed by atoms with Crippen molar-refractivity contribution in [3.05, 3.63) is 0 Å². The van der Waals surface area contributed by atoms with Gasteiger partial charge in [0.15, 0.2) is 0 Å². The van der Waals surface area contributed by atoms with Crippen LogP contribution < -0.4 is 0 Å². The molecule has 0 bridgehead atoms. The lowest BCUT2D eigenvalue weighted by Gasteiger charge is -2.46. The van der Waals surface area contributed by atoms with Crippen LogP contribution in [0.25, 0.3) is 0 Å². The molecule has 0 rings (SSSR count). The average Bonchev–Trinajstić information content (AvgIpc) is 2.88. The predicted octanol–water partition coefficient (Wildman–Crippen LogP) is 12.3. The van der Waals surface area contributed by atoms with E-state index in [4.69, 9.17) is 0 Å². The molecule has 0 aromatic heterocycles. The van der Waals surface area contributed by atoms with Crippen LogP contribution in [0.4, 0.5) is 0 Å². The summed E-state index contributed by atoms with van der Waals surface area (Å²) in [5, 5.41) is 12.3. The Bertz CT molecular complexity index is 425. The van der Waals surface area contributed by atoms with E-state index in [9.17, 15) is 5.11 Å². The topological polar surface area (TPSA) is 20.2 Å². The highest BCUT2D eigenvalue weighted by Crippen LogP contribution is 2.47. The maximum Gasteiger partial charge on any atom is 0.0737 e. The van der Waals surface area contributed by atoms with Crippen LogP contribution in [0, 0.1) is 0 Å². The lowest BCUT2D eigenvalue weighted by atomic mass is 9.73. The molecule has 1 N–H and O–H groups in total. The fraction of sp³-hybridized carbons (Fsp3) is 1.00. The average molecular weight is 527 g/mol. The molecule has 0 aliphatic rings. The van der Waals surface area contributed by atoms with Gasteiger partial charge in [-0.1, -0.05) is 182 Å². The van der Waals surface area contributed by atoms with E-state index in [2.05, 4.69) is 36.9 Å². The van der Waals surface area contributed by atoms with Crippen LogP contribution in [-0.4, -0.2) is 15.9 Å². The van der Waals surface area contributed by atoms with Crippen LogP contribution in [0.1, 0.15) is 207 Å². The summed E-state index contributed by atoms with van der Waals surface area (Å²) in [6.07, 6.45) is 36.6. The van der Waals surface area contributed by atoms with Crippen molar-refractivity contribution in [2.24, 2.45) is 0 Å². The Kier molecular flexibility index (Phi) is 25.9. The molecule has 0 radical (unpaired) electrons. The molecule has 0 amide bonds. The Morgan fingerprint density at radius 3 is 0.889 bits per heavy atom. The lowest BCUT2D eigenvalue weighted by Crippen LogP contribution is -2.50. The first-order valence-electron chi connectivity index (χ1n) is 17.0. The Labute approximate surface area is 232 Å². The van der Waals surface area contributed by atoms with Gasteiger partial charge < -0.3 is 5.11 Å². The zero-order valence-corrected chi connectivity index (χ0v) is 27.0. The number of unbranched alkanes of at least 4 members (excludes halogenated alkanes) is 20. The molecule has 2 atom stereocenters. The summed E-state index contributed by atoms with van der Waals surface area (Å²) >= 11 is 0. The Balaban J connectivity index is 4.72. The molecule has 2 unspecified atom stereocenters. The van der Waals surface area contributed by atoms with Crippen molar-refractivity contribution in [3.8, 4) is 0 Å². The van der Waals surface area contributed by atoms with Crippen LogP contribution in [0.3, 0.4) is 0 Å². The van der Waals surface area contributed by atoms with E-state index in [-0.39, 0.29) is 5.16 Å². The SMILES string of the molecule is CCCCCCCCCCCCCCC(P)(CCCCCC)C(O)(CCCCCC)CCCCCC. The van der Waals surface area contributed by atoms with Gasteiger partial charge in [0, 0.05) is 5.16 Å². The second-order valence-corrected chi connectivity index (χ2v) is 13.4. The van der Waals surface area contributed by atoms with Gasteiger partial charge in [0.2, 0.25) is 0 Å². The van der Waals surface area contributed by atoms with Crippen molar-refractivity contribution >= 4 is 9.24 Å². The van der Waals surface area contributed by atoms with Crippen LogP contribution >= 0.6 is 9.24 Å². The lowest BCUT2D eigenvalue weighted by molar-refractivity contribution is -0.0285. The van der Waals surface area contributed by atoms with E-state index in [1.165, 1.54) is 167 Å². The van der Waals surface area contributed by atoms with Gasteiger partial charge in [0.05, 0.1) is 5.60 Å². The smallest absolute Gasteiger partial charge is 0.0737 e. The van der Waals surface area contributed by atoms with Crippen molar-refractivity contribution in [1.82, 2.24) is 0 Å². The molecule has 0 saturated heterocycles. The van der Waals surface area contributed by atoms with E-state index < -0.39 is 5.60 Å².